The number of anilines is 1. The third-order valence-electron chi connectivity index (χ3n) is 5.15. The molecule has 1 aliphatic rings. The zero-order valence-corrected chi connectivity index (χ0v) is 19.8. The standard InChI is InChI=1S/C21H32N6O.HI/c1-3-26(20-8-5-4-6-9-20)12-7-11-23-21(22-2)27-15-13-25(14-16-27)18-19-10-17-28-24-19;/h4-6,8-10,17H,3,7,11-16,18H2,1-2H3,(H,22,23);1H. The summed E-state index contributed by atoms with van der Waals surface area (Å²) in [5.41, 5.74) is 2.28. The van der Waals surface area contributed by atoms with Crippen LogP contribution in [0, 0.1) is 0 Å². The molecule has 0 spiro atoms. The predicted octanol–water partition coefficient (Wildman–Crippen LogP) is 2.90. The Bertz CT molecular complexity index is 701. The summed E-state index contributed by atoms with van der Waals surface area (Å²) in [6.45, 7) is 10.00. The van der Waals surface area contributed by atoms with Crippen LogP contribution in [0.15, 0.2) is 52.2 Å². The molecule has 1 aromatic heterocycles. The molecule has 0 bridgehead atoms. The van der Waals surface area contributed by atoms with Gasteiger partial charge in [-0.2, -0.15) is 0 Å². The molecule has 1 aromatic carbocycles. The maximum atomic E-state index is 4.92. The summed E-state index contributed by atoms with van der Waals surface area (Å²) < 4.78 is 4.92. The molecule has 8 heteroatoms. The van der Waals surface area contributed by atoms with Crippen LogP contribution in [0.1, 0.15) is 19.0 Å². The first-order valence-corrected chi connectivity index (χ1v) is 10.2. The van der Waals surface area contributed by atoms with E-state index in [2.05, 4.69) is 67.4 Å². The zero-order chi connectivity index (χ0) is 19.6. The van der Waals surface area contributed by atoms with Gasteiger partial charge in [0.05, 0.1) is 5.69 Å². The first-order valence-electron chi connectivity index (χ1n) is 10.2. The van der Waals surface area contributed by atoms with Gasteiger partial charge in [0.25, 0.3) is 0 Å². The van der Waals surface area contributed by atoms with Crippen LogP contribution < -0.4 is 10.2 Å². The second kappa shape index (κ2) is 12.7. The molecule has 3 rings (SSSR count). The van der Waals surface area contributed by atoms with Crippen molar-refractivity contribution in [1.82, 2.24) is 20.3 Å². The van der Waals surface area contributed by atoms with Gasteiger partial charge in [-0.3, -0.25) is 9.89 Å². The number of piperazine rings is 1. The molecular weight excluding hydrogens is 479 g/mol. The molecule has 1 N–H and O–H groups in total. The molecular formula is C21H33IN6O. The lowest BCUT2D eigenvalue weighted by atomic mass is 10.2. The molecule has 0 amide bonds. The number of hydrogen-bond donors (Lipinski definition) is 1. The van der Waals surface area contributed by atoms with Crippen molar-refractivity contribution >= 4 is 35.6 Å². The highest BCUT2D eigenvalue weighted by Crippen LogP contribution is 2.13. The van der Waals surface area contributed by atoms with Gasteiger partial charge in [-0.1, -0.05) is 23.4 Å². The van der Waals surface area contributed by atoms with Gasteiger partial charge in [-0.05, 0) is 25.5 Å². The number of nitrogens with one attached hydrogen (secondary N) is 1. The van der Waals surface area contributed by atoms with Gasteiger partial charge >= 0.3 is 0 Å². The van der Waals surface area contributed by atoms with Gasteiger partial charge in [0.15, 0.2) is 5.96 Å². The molecule has 0 atom stereocenters. The lowest BCUT2D eigenvalue weighted by Crippen LogP contribution is -2.52. The number of aliphatic imine (C=N–C) groups is 1. The molecule has 29 heavy (non-hydrogen) atoms. The summed E-state index contributed by atoms with van der Waals surface area (Å²) in [7, 11) is 1.87. The van der Waals surface area contributed by atoms with Gasteiger partial charge < -0.3 is 19.6 Å². The first kappa shape index (κ1) is 23.5. The fourth-order valence-corrected chi connectivity index (χ4v) is 3.58. The Morgan fingerprint density at radius 2 is 1.93 bits per heavy atom. The number of para-hydroxylation sites is 1. The van der Waals surface area contributed by atoms with Crippen LogP contribution in [-0.4, -0.2) is 73.8 Å². The average Bonchev–Trinajstić information content (AvgIpc) is 3.25. The fraction of sp³-hybridized carbons (Fsp3) is 0.524. The molecule has 1 saturated heterocycles. The van der Waals surface area contributed by atoms with E-state index in [0.717, 1.165) is 70.4 Å². The van der Waals surface area contributed by atoms with E-state index in [0.29, 0.717) is 0 Å². The van der Waals surface area contributed by atoms with Gasteiger partial charge in [0.1, 0.15) is 6.26 Å². The minimum Gasteiger partial charge on any atom is -0.372 e. The molecule has 0 unspecified atom stereocenters. The van der Waals surface area contributed by atoms with Crippen LogP contribution in [0.5, 0.6) is 0 Å². The SMILES string of the molecule is CCN(CCCNC(=NC)N1CCN(Cc2ccon2)CC1)c1ccccc1.I. The number of halogens is 1. The van der Waals surface area contributed by atoms with E-state index in [4.69, 9.17) is 4.52 Å². The van der Waals surface area contributed by atoms with Crippen molar-refractivity contribution in [3.8, 4) is 0 Å². The van der Waals surface area contributed by atoms with E-state index in [1.807, 2.05) is 13.1 Å². The number of aromatic nitrogens is 1. The monoisotopic (exact) mass is 512 g/mol. The van der Waals surface area contributed by atoms with Crippen LogP contribution in [0.4, 0.5) is 5.69 Å². The molecule has 160 valence electrons. The maximum Gasteiger partial charge on any atom is 0.193 e. The molecule has 2 heterocycles. The second-order valence-corrected chi connectivity index (χ2v) is 7.00. The highest BCUT2D eigenvalue weighted by atomic mass is 127. The third-order valence-corrected chi connectivity index (χ3v) is 5.15. The molecule has 1 fully saturated rings. The summed E-state index contributed by atoms with van der Waals surface area (Å²) in [4.78, 5) is 11.6. The van der Waals surface area contributed by atoms with Gasteiger partial charge in [0.2, 0.25) is 0 Å². The Balaban J connectivity index is 0.00000300. The predicted molar refractivity (Wildman–Crippen MR) is 129 cm³/mol. The summed E-state index contributed by atoms with van der Waals surface area (Å²) in [5, 5.41) is 7.54. The Morgan fingerprint density at radius 3 is 2.55 bits per heavy atom. The zero-order valence-electron chi connectivity index (χ0n) is 17.5. The van der Waals surface area contributed by atoms with E-state index < -0.39 is 0 Å². The smallest absolute Gasteiger partial charge is 0.193 e. The lowest BCUT2D eigenvalue weighted by Gasteiger charge is -2.36. The van der Waals surface area contributed by atoms with Crippen molar-refractivity contribution in [2.45, 2.75) is 19.9 Å². The minimum atomic E-state index is 0. The third kappa shape index (κ3) is 7.18. The van der Waals surface area contributed by atoms with Gasteiger partial charge in [-0.15, -0.1) is 24.0 Å². The number of nitrogens with zero attached hydrogens (tertiary/aromatic N) is 5. The largest absolute Gasteiger partial charge is 0.372 e. The second-order valence-electron chi connectivity index (χ2n) is 7.00. The summed E-state index contributed by atoms with van der Waals surface area (Å²) in [6.07, 6.45) is 2.71. The molecule has 0 radical (unpaired) electrons. The van der Waals surface area contributed by atoms with Crippen LogP contribution in [0.25, 0.3) is 0 Å². The number of benzene rings is 1. The van der Waals surface area contributed by atoms with Crippen molar-refractivity contribution < 1.29 is 4.52 Å². The van der Waals surface area contributed by atoms with Crippen molar-refractivity contribution in [3.63, 3.8) is 0 Å². The highest BCUT2D eigenvalue weighted by Gasteiger charge is 2.20. The average molecular weight is 512 g/mol. The van der Waals surface area contributed by atoms with Gasteiger partial charge in [0, 0.05) is 71.2 Å². The van der Waals surface area contributed by atoms with Crippen molar-refractivity contribution in [3.05, 3.63) is 48.4 Å². The Kier molecular flexibility index (Phi) is 10.3. The number of hydrogen-bond acceptors (Lipinski definition) is 5. The molecule has 2 aromatic rings. The first-order chi connectivity index (χ1) is 13.8. The van der Waals surface area contributed by atoms with Crippen LogP contribution >= 0.6 is 24.0 Å². The van der Waals surface area contributed by atoms with E-state index >= 15 is 0 Å². The Labute approximate surface area is 191 Å². The van der Waals surface area contributed by atoms with E-state index in [1.54, 1.807) is 6.26 Å². The maximum absolute atomic E-state index is 4.92. The van der Waals surface area contributed by atoms with E-state index in [9.17, 15) is 0 Å². The molecule has 0 aliphatic carbocycles. The summed E-state index contributed by atoms with van der Waals surface area (Å²) in [5.74, 6) is 1.00. The Morgan fingerprint density at radius 1 is 1.17 bits per heavy atom. The fourth-order valence-electron chi connectivity index (χ4n) is 3.58. The molecule has 0 saturated carbocycles. The summed E-state index contributed by atoms with van der Waals surface area (Å²) in [6, 6.07) is 12.5. The number of rotatable bonds is 8. The van der Waals surface area contributed by atoms with E-state index in [1.165, 1.54) is 5.69 Å². The van der Waals surface area contributed by atoms with Crippen molar-refractivity contribution in [1.29, 1.82) is 0 Å². The van der Waals surface area contributed by atoms with Crippen LogP contribution in [0.3, 0.4) is 0 Å². The normalized spacial score (nSPS) is 15.1. The lowest BCUT2D eigenvalue weighted by molar-refractivity contribution is 0.169. The van der Waals surface area contributed by atoms with Crippen LogP contribution in [0.2, 0.25) is 0 Å². The number of guanidine groups is 1. The Hall–Kier alpha value is -1.81. The summed E-state index contributed by atoms with van der Waals surface area (Å²) >= 11 is 0. The van der Waals surface area contributed by atoms with Crippen LogP contribution in [-0.2, 0) is 6.54 Å². The van der Waals surface area contributed by atoms with Gasteiger partial charge in [-0.25, -0.2) is 0 Å². The molecule has 1 aliphatic heterocycles. The highest BCUT2D eigenvalue weighted by molar-refractivity contribution is 14.0. The quantitative estimate of drug-likeness (QED) is 0.254. The minimum absolute atomic E-state index is 0. The van der Waals surface area contributed by atoms with Crippen molar-refractivity contribution in [2.24, 2.45) is 4.99 Å². The van der Waals surface area contributed by atoms with Crippen molar-refractivity contribution in [2.75, 3.05) is 57.8 Å². The topological polar surface area (TPSA) is 60.1 Å². The molecule has 7 nitrogen and oxygen atoms in total. The van der Waals surface area contributed by atoms with E-state index in [-0.39, 0.29) is 24.0 Å².